The molecule has 2 N–H and O–H groups in total. The Morgan fingerprint density at radius 2 is 1.94 bits per heavy atom. The molecule has 1 rings (SSSR count). The van der Waals surface area contributed by atoms with E-state index < -0.39 is 11.6 Å². The van der Waals surface area contributed by atoms with Gasteiger partial charge in [0.2, 0.25) is 0 Å². The van der Waals surface area contributed by atoms with Crippen molar-refractivity contribution in [2.75, 3.05) is 13.2 Å². The summed E-state index contributed by atoms with van der Waals surface area (Å²) >= 11 is 0. The largest absolute Gasteiger partial charge is 0.396 e. The van der Waals surface area contributed by atoms with Crippen LogP contribution in [0.3, 0.4) is 0 Å². The van der Waals surface area contributed by atoms with Crippen LogP contribution in [0.2, 0.25) is 0 Å². The van der Waals surface area contributed by atoms with Crippen LogP contribution in [0.15, 0.2) is 18.2 Å². The highest BCUT2D eigenvalue weighted by atomic mass is 19.2. The molecular formula is C13H19F2NO. The molecule has 1 aromatic carbocycles. The molecular weight excluding hydrogens is 224 g/mol. The molecule has 96 valence electrons. The first kappa shape index (κ1) is 14.1. The Labute approximate surface area is 101 Å². The third-order valence-electron chi connectivity index (χ3n) is 2.67. The minimum atomic E-state index is -0.827. The zero-order chi connectivity index (χ0) is 12.8. The van der Waals surface area contributed by atoms with E-state index in [0.29, 0.717) is 13.0 Å². The smallest absolute Gasteiger partial charge is 0.159 e. The minimum Gasteiger partial charge on any atom is -0.396 e. The highest BCUT2D eigenvalue weighted by Gasteiger charge is 2.16. The van der Waals surface area contributed by atoms with Gasteiger partial charge >= 0.3 is 0 Å². The molecule has 0 heterocycles. The van der Waals surface area contributed by atoms with Gasteiger partial charge in [-0.3, -0.25) is 0 Å². The lowest BCUT2D eigenvalue weighted by Crippen LogP contribution is -2.27. The highest BCUT2D eigenvalue weighted by Crippen LogP contribution is 2.23. The molecule has 0 saturated heterocycles. The first-order chi connectivity index (χ1) is 8.06. The molecule has 0 radical (unpaired) electrons. The highest BCUT2D eigenvalue weighted by molar-refractivity contribution is 5.21. The maximum atomic E-state index is 13.1. The Bertz CT molecular complexity index is 355. The molecule has 17 heavy (non-hydrogen) atoms. The van der Waals surface area contributed by atoms with Crippen LogP contribution in [0.4, 0.5) is 8.78 Å². The zero-order valence-corrected chi connectivity index (χ0v) is 10.2. The summed E-state index contributed by atoms with van der Waals surface area (Å²) in [6.07, 6.45) is 0.646. The van der Waals surface area contributed by atoms with Gasteiger partial charge in [-0.05, 0) is 36.6 Å². The summed E-state index contributed by atoms with van der Waals surface area (Å²) in [4.78, 5) is 0. The number of aliphatic hydroxyl groups is 1. The van der Waals surface area contributed by atoms with Crippen molar-refractivity contribution >= 4 is 0 Å². The fourth-order valence-electron chi connectivity index (χ4n) is 1.78. The van der Waals surface area contributed by atoms with E-state index in [0.717, 1.165) is 11.6 Å². The van der Waals surface area contributed by atoms with Crippen LogP contribution >= 0.6 is 0 Å². The second-order valence-electron chi connectivity index (χ2n) is 4.43. The Kier molecular flexibility index (Phi) is 5.51. The summed E-state index contributed by atoms with van der Waals surface area (Å²) in [5.41, 5.74) is 0.733. The maximum absolute atomic E-state index is 13.1. The second-order valence-corrected chi connectivity index (χ2v) is 4.43. The van der Waals surface area contributed by atoms with E-state index in [1.54, 1.807) is 6.07 Å². The number of hydrogen-bond acceptors (Lipinski definition) is 2. The molecule has 0 bridgehead atoms. The van der Waals surface area contributed by atoms with Gasteiger partial charge in [-0.2, -0.15) is 0 Å². The predicted octanol–water partition coefficient (Wildman–Crippen LogP) is 2.63. The van der Waals surface area contributed by atoms with E-state index in [2.05, 4.69) is 5.32 Å². The van der Waals surface area contributed by atoms with E-state index >= 15 is 0 Å². The quantitative estimate of drug-likeness (QED) is 0.753. The number of benzene rings is 1. The SMILES string of the molecule is CC(C)[C@H](NCCCO)c1ccc(F)c(F)c1. The van der Waals surface area contributed by atoms with Crippen molar-refractivity contribution in [1.82, 2.24) is 5.32 Å². The predicted molar refractivity (Wildman–Crippen MR) is 63.6 cm³/mol. The van der Waals surface area contributed by atoms with E-state index in [4.69, 9.17) is 5.11 Å². The molecule has 0 aliphatic rings. The summed E-state index contributed by atoms with van der Waals surface area (Å²) in [7, 11) is 0. The first-order valence-electron chi connectivity index (χ1n) is 5.85. The van der Waals surface area contributed by atoms with Crippen LogP contribution in [-0.2, 0) is 0 Å². The number of aliphatic hydroxyl groups excluding tert-OH is 1. The van der Waals surface area contributed by atoms with Gasteiger partial charge in [0.25, 0.3) is 0 Å². The van der Waals surface area contributed by atoms with E-state index in [9.17, 15) is 8.78 Å². The fourth-order valence-corrected chi connectivity index (χ4v) is 1.78. The molecule has 1 atom stereocenters. The summed E-state index contributed by atoms with van der Waals surface area (Å²) in [6.45, 7) is 4.80. The first-order valence-corrected chi connectivity index (χ1v) is 5.85. The third kappa shape index (κ3) is 4.06. The molecule has 0 aromatic heterocycles. The van der Waals surface area contributed by atoms with Gasteiger partial charge in [-0.25, -0.2) is 8.78 Å². The topological polar surface area (TPSA) is 32.3 Å². The van der Waals surface area contributed by atoms with Crippen LogP contribution in [0.1, 0.15) is 31.9 Å². The van der Waals surface area contributed by atoms with Gasteiger partial charge in [0.1, 0.15) is 0 Å². The molecule has 0 spiro atoms. The second kappa shape index (κ2) is 6.67. The van der Waals surface area contributed by atoms with Gasteiger partial charge < -0.3 is 10.4 Å². The Morgan fingerprint density at radius 1 is 1.24 bits per heavy atom. The van der Waals surface area contributed by atoms with Crippen molar-refractivity contribution in [1.29, 1.82) is 0 Å². The summed E-state index contributed by atoms with van der Waals surface area (Å²) < 4.78 is 26.0. The maximum Gasteiger partial charge on any atom is 0.159 e. The van der Waals surface area contributed by atoms with Crippen molar-refractivity contribution in [3.63, 3.8) is 0 Å². The number of hydrogen-bond donors (Lipinski definition) is 2. The van der Waals surface area contributed by atoms with Crippen molar-refractivity contribution in [3.8, 4) is 0 Å². The number of halogens is 2. The monoisotopic (exact) mass is 243 g/mol. The molecule has 0 aliphatic heterocycles. The lowest BCUT2D eigenvalue weighted by molar-refractivity contribution is 0.278. The molecule has 0 saturated carbocycles. The summed E-state index contributed by atoms with van der Waals surface area (Å²) in [6, 6.07) is 3.94. The van der Waals surface area contributed by atoms with Crippen molar-refractivity contribution < 1.29 is 13.9 Å². The minimum absolute atomic E-state index is 0.0309. The average Bonchev–Trinajstić information content (AvgIpc) is 2.28. The van der Waals surface area contributed by atoms with Crippen molar-refractivity contribution in [2.24, 2.45) is 5.92 Å². The lowest BCUT2D eigenvalue weighted by Gasteiger charge is -2.23. The van der Waals surface area contributed by atoms with Gasteiger partial charge in [0.05, 0.1) is 0 Å². The molecule has 0 aliphatic carbocycles. The van der Waals surface area contributed by atoms with Crippen LogP contribution in [-0.4, -0.2) is 18.3 Å². The number of rotatable bonds is 6. The van der Waals surface area contributed by atoms with Crippen molar-refractivity contribution in [3.05, 3.63) is 35.4 Å². The van der Waals surface area contributed by atoms with Gasteiger partial charge in [0, 0.05) is 12.6 Å². The zero-order valence-electron chi connectivity index (χ0n) is 10.2. The van der Waals surface area contributed by atoms with E-state index in [1.807, 2.05) is 13.8 Å². The normalized spacial score (nSPS) is 13.1. The lowest BCUT2D eigenvalue weighted by atomic mass is 9.96. The fraction of sp³-hybridized carbons (Fsp3) is 0.538. The van der Waals surface area contributed by atoms with Crippen LogP contribution in [0.5, 0.6) is 0 Å². The summed E-state index contributed by atoms with van der Waals surface area (Å²) in [5.74, 6) is -1.39. The average molecular weight is 243 g/mol. The molecule has 0 fully saturated rings. The molecule has 2 nitrogen and oxygen atoms in total. The van der Waals surface area contributed by atoms with E-state index in [1.165, 1.54) is 6.07 Å². The van der Waals surface area contributed by atoms with Gasteiger partial charge in [-0.15, -0.1) is 0 Å². The van der Waals surface area contributed by atoms with Crippen LogP contribution in [0.25, 0.3) is 0 Å². The van der Waals surface area contributed by atoms with Gasteiger partial charge in [-0.1, -0.05) is 19.9 Å². The third-order valence-corrected chi connectivity index (χ3v) is 2.67. The van der Waals surface area contributed by atoms with Gasteiger partial charge in [0.15, 0.2) is 11.6 Å². The Balaban J connectivity index is 2.78. The molecule has 0 amide bonds. The molecule has 1 aromatic rings. The molecule has 0 unspecified atom stereocenters. The Hall–Kier alpha value is -1.00. The van der Waals surface area contributed by atoms with Crippen LogP contribution < -0.4 is 5.32 Å². The summed E-state index contributed by atoms with van der Waals surface area (Å²) in [5, 5.41) is 12.0. The molecule has 4 heteroatoms. The van der Waals surface area contributed by atoms with Crippen LogP contribution in [0, 0.1) is 17.6 Å². The number of nitrogens with one attached hydrogen (secondary N) is 1. The van der Waals surface area contributed by atoms with E-state index in [-0.39, 0.29) is 18.6 Å². The van der Waals surface area contributed by atoms with Crippen molar-refractivity contribution in [2.45, 2.75) is 26.3 Å². The Morgan fingerprint density at radius 3 is 2.47 bits per heavy atom. The standard InChI is InChI=1S/C13H19F2NO/c1-9(2)13(16-6-3-7-17)10-4-5-11(14)12(15)8-10/h4-5,8-9,13,16-17H,3,6-7H2,1-2H3/t13-/m0/s1.